The van der Waals surface area contributed by atoms with Gasteiger partial charge in [-0.25, -0.2) is 5.84 Å². The van der Waals surface area contributed by atoms with Gasteiger partial charge in [-0.3, -0.25) is 10.4 Å². The monoisotopic (exact) mass is 228 g/mol. The van der Waals surface area contributed by atoms with Crippen molar-refractivity contribution in [1.29, 1.82) is 0 Å². The molecule has 0 aromatic carbocycles. The molecule has 0 heterocycles. The van der Waals surface area contributed by atoms with E-state index >= 15 is 0 Å². The lowest BCUT2D eigenvalue weighted by Crippen LogP contribution is -2.46. The largest absolute Gasteiger partial charge is 0.385 e. The van der Waals surface area contributed by atoms with Crippen molar-refractivity contribution in [1.82, 2.24) is 10.3 Å². The van der Waals surface area contributed by atoms with Gasteiger partial charge in [0.05, 0.1) is 0 Å². The third-order valence-electron chi connectivity index (χ3n) is 2.62. The van der Waals surface area contributed by atoms with Crippen molar-refractivity contribution in [3.8, 4) is 0 Å². The minimum Gasteiger partial charge on any atom is -0.385 e. The molecular weight excluding hydrogens is 204 g/mol. The minimum absolute atomic E-state index is 0.650. The fourth-order valence-electron chi connectivity index (χ4n) is 1.70. The number of hydrogen-bond acceptors (Lipinski definition) is 3. The summed E-state index contributed by atoms with van der Waals surface area (Å²) in [7, 11) is 1.71. The Labute approximate surface area is 98.0 Å². The third kappa shape index (κ3) is 4.37. The maximum atomic E-state index is 5.53. The summed E-state index contributed by atoms with van der Waals surface area (Å²) >= 11 is 0. The second-order valence-corrected chi connectivity index (χ2v) is 4.12. The molecule has 0 aromatic heterocycles. The first-order valence-electron chi connectivity index (χ1n) is 6.10. The normalized spacial score (nSPS) is 16.3. The lowest BCUT2D eigenvalue weighted by Gasteiger charge is -2.24. The van der Waals surface area contributed by atoms with Crippen molar-refractivity contribution in [2.75, 3.05) is 26.8 Å². The van der Waals surface area contributed by atoms with Crippen LogP contribution in [0.1, 0.15) is 32.6 Å². The summed E-state index contributed by atoms with van der Waals surface area (Å²) in [5.41, 5.74) is 2.72. The zero-order valence-corrected chi connectivity index (χ0v) is 10.4. The number of nitrogens with one attached hydrogen (secondary N) is 1. The Morgan fingerprint density at radius 1 is 1.56 bits per heavy atom. The van der Waals surface area contributed by atoms with Crippen LogP contribution < -0.4 is 11.3 Å². The van der Waals surface area contributed by atoms with E-state index < -0.39 is 0 Å². The molecule has 1 rings (SSSR count). The van der Waals surface area contributed by atoms with Gasteiger partial charge in [0.1, 0.15) is 0 Å². The molecule has 0 radical (unpaired) electrons. The van der Waals surface area contributed by atoms with Crippen LogP contribution in [0.4, 0.5) is 0 Å². The first-order valence-corrected chi connectivity index (χ1v) is 6.10. The van der Waals surface area contributed by atoms with Gasteiger partial charge in [-0.15, -0.1) is 0 Å². The fourth-order valence-corrected chi connectivity index (χ4v) is 1.70. The molecule has 0 unspecified atom stereocenters. The lowest BCUT2D eigenvalue weighted by molar-refractivity contribution is 0.197. The van der Waals surface area contributed by atoms with Crippen molar-refractivity contribution >= 4 is 5.96 Å². The predicted molar refractivity (Wildman–Crippen MR) is 66.1 cm³/mol. The topological polar surface area (TPSA) is 62.9 Å². The molecule has 1 saturated carbocycles. The van der Waals surface area contributed by atoms with Crippen LogP contribution >= 0.6 is 0 Å². The molecule has 1 fully saturated rings. The fraction of sp³-hybridized carbons (Fsp3) is 0.909. The van der Waals surface area contributed by atoms with E-state index in [0.717, 1.165) is 38.5 Å². The van der Waals surface area contributed by atoms with Crippen molar-refractivity contribution in [2.45, 2.75) is 38.6 Å². The van der Waals surface area contributed by atoms with Gasteiger partial charge in [-0.05, 0) is 25.7 Å². The summed E-state index contributed by atoms with van der Waals surface area (Å²) < 4.78 is 4.99. The van der Waals surface area contributed by atoms with Gasteiger partial charge < -0.3 is 9.64 Å². The van der Waals surface area contributed by atoms with E-state index in [1.165, 1.54) is 12.8 Å². The number of nitrogens with two attached hydrogens (primary N) is 1. The Morgan fingerprint density at radius 3 is 2.81 bits per heavy atom. The Morgan fingerprint density at radius 2 is 2.31 bits per heavy atom. The van der Waals surface area contributed by atoms with Gasteiger partial charge in [0.25, 0.3) is 0 Å². The number of hydrogen-bond donors (Lipinski definition) is 2. The lowest BCUT2D eigenvalue weighted by atomic mass is 10.4. The Hall–Kier alpha value is -0.810. The Balaban J connectivity index is 2.41. The molecule has 5 nitrogen and oxygen atoms in total. The average molecular weight is 228 g/mol. The van der Waals surface area contributed by atoms with Gasteiger partial charge in [0.2, 0.25) is 5.96 Å². The van der Waals surface area contributed by atoms with Crippen molar-refractivity contribution in [2.24, 2.45) is 10.8 Å². The minimum atomic E-state index is 0.650. The quantitative estimate of drug-likeness (QED) is 0.221. The molecular formula is C11H24N4O. The smallest absolute Gasteiger partial charge is 0.208 e. The van der Waals surface area contributed by atoms with Gasteiger partial charge in [-0.2, -0.15) is 0 Å². The highest BCUT2D eigenvalue weighted by Crippen LogP contribution is 2.26. The zero-order chi connectivity index (χ0) is 11.8. The van der Waals surface area contributed by atoms with Crippen molar-refractivity contribution in [3.05, 3.63) is 0 Å². The SMILES string of the molecule is CCCN(C(=NCCCOC)NN)C1CC1. The molecule has 16 heavy (non-hydrogen) atoms. The van der Waals surface area contributed by atoms with Crippen LogP contribution in [-0.4, -0.2) is 43.7 Å². The van der Waals surface area contributed by atoms with Gasteiger partial charge in [-0.1, -0.05) is 6.92 Å². The maximum Gasteiger partial charge on any atom is 0.208 e. The van der Waals surface area contributed by atoms with E-state index in [-0.39, 0.29) is 0 Å². The van der Waals surface area contributed by atoms with Crippen LogP contribution in [0.15, 0.2) is 4.99 Å². The number of aliphatic imine (C=N–C) groups is 1. The molecule has 0 spiro atoms. The van der Waals surface area contributed by atoms with E-state index in [0.29, 0.717) is 6.04 Å². The van der Waals surface area contributed by atoms with Crippen molar-refractivity contribution in [3.63, 3.8) is 0 Å². The van der Waals surface area contributed by atoms with Crippen LogP contribution in [0, 0.1) is 0 Å². The van der Waals surface area contributed by atoms with E-state index in [9.17, 15) is 0 Å². The number of ether oxygens (including phenoxy) is 1. The van der Waals surface area contributed by atoms with Crippen LogP contribution in [-0.2, 0) is 4.74 Å². The third-order valence-corrected chi connectivity index (χ3v) is 2.62. The van der Waals surface area contributed by atoms with Crippen molar-refractivity contribution < 1.29 is 4.74 Å². The molecule has 0 saturated heterocycles. The van der Waals surface area contributed by atoms with E-state index in [4.69, 9.17) is 10.6 Å². The Bertz CT molecular complexity index is 216. The molecule has 3 N–H and O–H groups in total. The Kier molecular flexibility index (Phi) is 6.18. The molecule has 0 bridgehead atoms. The second-order valence-electron chi connectivity index (χ2n) is 4.12. The second kappa shape index (κ2) is 7.46. The van der Waals surface area contributed by atoms with Crippen LogP contribution in [0.2, 0.25) is 0 Å². The molecule has 0 aliphatic heterocycles. The summed E-state index contributed by atoms with van der Waals surface area (Å²) in [6.45, 7) is 4.71. The predicted octanol–water partition coefficient (Wildman–Crippen LogP) is 0.717. The molecule has 1 aliphatic carbocycles. The summed E-state index contributed by atoms with van der Waals surface area (Å²) in [5.74, 6) is 6.36. The summed E-state index contributed by atoms with van der Waals surface area (Å²) in [6, 6.07) is 0.650. The highest BCUT2D eigenvalue weighted by Gasteiger charge is 2.30. The summed E-state index contributed by atoms with van der Waals surface area (Å²) in [6.07, 6.45) is 4.58. The van der Waals surface area contributed by atoms with Gasteiger partial charge in [0, 0.05) is 32.8 Å². The molecule has 0 atom stereocenters. The first kappa shape index (κ1) is 13.3. The highest BCUT2D eigenvalue weighted by atomic mass is 16.5. The molecule has 94 valence electrons. The van der Waals surface area contributed by atoms with E-state index in [1.54, 1.807) is 7.11 Å². The van der Waals surface area contributed by atoms with Crippen LogP contribution in [0.5, 0.6) is 0 Å². The van der Waals surface area contributed by atoms with E-state index in [2.05, 4.69) is 22.2 Å². The number of rotatable bonds is 7. The number of guanidine groups is 1. The standard InChI is InChI=1S/C11H24N4O/c1-3-8-15(10-5-6-10)11(14-12)13-7-4-9-16-2/h10H,3-9,12H2,1-2H3,(H,13,14). The summed E-state index contributed by atoms with van der Waals surface area (Å²) in [5, 5.41) is 0. The maximum absolute atomic E-state index is 5.53. The zero-order valence-electron chi connectivity index (χ0n) is 10.4. The van der Waals surface area contributed by atoms with Crippen LogP contribution in [0.3, 0.4) is 0 Å². The van der Waals surface area contributed by atoms with Crippen LogP contribution in [0.25, 0.3) is 0 Å². The first-order chi connectivity index (χ1) is 7.83. The van der Waals surface area contributed by atoms with Gasteiger partial charge in [0.15, 0.2) is 0 Å². The molecule has 5 heteroatoms. The summed E-state index contributed by atoms with van der Waals surface area (Å²) in [4.78, 5) is 6.77. The molecule has 0 aromatic rings. The average Bonchev–Trinajstić information content (AvgIpc) is 3.11. The number of methoxy groups -OCH3 is 1. The van der Waals surface area contributed by atoms with E-state index in [1.807, 2.05) is 0 Å². The van der Waals surface area contributed by atoms with Gasteiger partial charge >= 0.3 is 0 Å². The molecule has 1 aliphatic rings. The number of nitrogens with zero attached hydrogens (tertiary/aromatic N) is 2. The number of hydrazine groups is 1. The highest BCUT2D eigenvalue weighted by molar-refractivity contribution is 5.80. The molecule has 0 amide bonds.